The largest absolute Gasteiger partial charge is 0.352 e. The second-order valence-electron chi connectivity index (χ2n) is 2.20. The van der Waals surface area contributed by atoms with E-state index in [0.717, 1.165) is 12.8 Å². The molecule has 0 aromatic carbocycles. The zero-order valence-electron chi connectivity index (χ0n) is 5.98. The average Bonchev–Trinajstić information content (AvgIpc) is 1.63. The van der Waals surface area contributed by atoms with Crippen LogP contribution < -0.4 is 11.1 Å². The normalized spacial score (nSPS) is 12.7. The molecular weight excluding hydrogens is 116 g/mol. The standard InChI is InChI=1S/C6H14N2O/c1-3-4-5(2)8-6(7)9/h5H,3-4H2,1-2H3,(H3,7,8,9). The van der Waals surface area contributed by atoms with Crippen molar-refractivity contribution < 1.29 is 4.79 Å². The van der Waals surface area contributed by atoms with Gasteiger partial charge in [-0.25, -0.2) is 4.79 Å². The number of primary amides is 1. The van der Waals surface area contributed by atoms with E-state index in [0.29, 0.717) is 0 Å². The lowest BCUT2D eigenvalue weighted by Crippen LogP contribution is -2.36. The molecule has 0 radical (unpaired) electrons. The summed E-state index contributed by atoms with van der Waals surface area (Å²) in [6, 6.07) is -0.219. The summed E-state index contributed by atoms with van der Waals surface area (Å²) in [5.74, 6) is 0. The molecular formula is C6H14N2O. The zero-order valence-corrected chi connectivity index (χ0v) is 5.98. The molecule has 3 nitrogen and oxygen atoms in total. The summed E-state index contributed by atoms with van der Waals surface area (Å²) in [4.78, 5) is 10.2. The Labute approximate surface area is 55.6 Å². The second-order valence-corrected chi connectivity index (χ2v) is 2.20. The maximum Gasteiger partial charge on any atom is 0.312 e. The molecule has 0 spiro atoms. The summed E-state index contributed by atoms with van der Waals surface area (Å²) in [5.41, 5.74) is 4.87. The molecule has 0 aromatic rings. The summed E-state index contributed by atoms with van der Waals surface area (Å²) in [6.07, 6.45) is 2.06. The van der Waals surface area contributed by atoms with Gasteiger partial charge in [0, 0.05) is 6.04 Å². The maximum absolute atomic E-state index is 10.2. The Morgan fingerprint density at radius 3 is 2.67 bits per heavy atom. The number of nitrogens with one attached hydrogen (secondary N) is 1. The Morgan fingerprint density at radius 1 is 1.78 bits per heavy atom. The molecule has 2 amide bonds. The van der Waals surface area contributed by atoms with Crippen molar-refractivity contribution in [2.75, 3.05) is 0 Å². The van der Waals surface area contributed by atoms with Gasteiger partial charge in [0.2, 0.25) is 0 Å². The fraction of sp³-hybridized carbons (Fsp3) is 0.833. The lowest BCUT2D eigenvalue weighted by Gasteiger charge is -2.08. The van der Waals surface area contributed by atoms with Crippen molar-refractivity contribution in [3.05, 3.63) is 0 Å². The molecule has 54 valence electrons. The Morgan fingerprint density at radius 2 is 2.33 bits per heavy atom. The fourth-order valence-corrected chi connectivity index (χ4v) is 0.748. The number of urea groups is 1. The Balaban J connectivity index is 3.26. The van der Waals surface area contributed by atoms with Crippen molar-refractivity contribution in [1.29, 1.82) is 0 Å². The SMILES string of the molecule is CCCC(C)NC(N)=O. The first-order valence-electron chi connectivity index (χ1n) is 3.22. The minimum Gasteiger partial charge on any atom is -0.352 e. The lowest BCUT2D eigenvalue weighted by atomic mass is 10.2. The summed E-state index contributed by atoms with van der Waals surface area (Å²) in [5, 5.41) is 2.58. The van der Waals surface area contributed by atoms with Crippen LogP contribution in [0.25, 0.3) is 0 Å². The van der Waals surface area contributed by atoms with Crippen LogP contribution in [0, 0.1) is 0 Å². The highest BCUT2D eigenvalue weighted by molar-refractivity contribution is 5.71. The van der Waals surface area contributed by atoms with E-state index < -0.39 is 6.03 Å². The highest BCUT2D eigenvalue weighted by Gasteiger charge is 1.99. The number of nitrogens with two attached hydrogens (primary N) is 1. The Hall–Kier alpha value is -0.730. The van der Waals surface area contributed by atoms with E-state index in [4.69, 9.17) is 5.73 Å². The molecule has 0 saturated carbocycles. The predicted molar refractivity (Wildman–Crippen MR) is 37.1 cm³/mol. The van der Waals surface area contributed by atoms with Crippen molar-refractivity contribution in [3.63, 3.8) is 0 Å². The molecule has 0 heterocycles. The fourth-order valence-electron chi connectivity index (χ4n) is 0.748. The minimum absolute atomic E-state index is 0.215. The topological polar surface area (TPSA) is 55.1 Å². The molecule has 0 aromatic heterocycles. The van der Waals surface area contributed by atoms with Gasteiger partial charge in [-0.3, -0.25) is 0 Å². The van der Waals surface area contributed by atoms with Crippen LogP contribution in [0.2, 0.25) is 0 Å². The van der Waals surface area contributed by atoms with Crippen molar-refractivity contribution in [2.24, 2.45) is 5.73 Å². The lowest BCUT2D eigenvalue weighted by molar-refractivity contribution is 0.245. The monoisotopic (exact) mass is 130 g/mol. The van der Waals surface area contributed by atoms with Gasteiger partial charge < -0.3 is 11.1 Å². The van der Waals surface area contributed by atoms with Gasteiger partial charge in [0.25, 0.3) is 0 Å². The molecule has 0 bridgehead atoms. The molecule has 3 heteroatoms. The smallest absolute Gasteiger partial charge is 0.312 e. The summed E-state index contributed by atoms with van der Waals surface area (Å²) in [6.45, 7) is 4.01. The van der Waals surface area contributed by atoms with E-state index in [9.17, 15) is 4.79 Å². The van der Waals surface area contributed by atoms with E-state index >= 15 is 0 Å². The second kappa shape index (κ2) is 4.18. The van der Waals surface area contributed by atoms with Crippen LogP contribution in [-0.2, 0) is 0 Å². The van der Waals surface area contributed by atoms with Crippen molar-refractivity contribution in [1.82, 2.24) is 5.32 Å². The van der Waals surface area contributed by atoms with Crippen LogP contribution in [0.4, 0.5) is 4.79 Å². The number of rotatable bonds is 3. The molecule has 0 aliphatic heterocycles. The molecule has 0 fully saturated rings. The van der Waals surface area contributed by atoms with Crippen molar-refractivity contribution in [3.8, 4) is 0 Å². The van der Waals surface area contributed by atoms with Crippen molar-refractivity contribution in [2.45, 2.75) is 32.7 Å². The molecule has 0 saturated heterocycles. The molecule has 1 atom stereocenters. The average molecular weight is 130 g/mol. The van der Waals surface area contributed by atoms with E-state index in [2.05, 4.69) is 12.2 Å². The highest BCUT2D eigenvalue weighted by atomic mass is 16.2. The molecule has 1 unspecified atom stereocenters. The van der Waals surface area contributed by atoms with Crippen LogP contribution >= 0.6 is 0 Å². The maximum atomic E-state index is 10.2. The van der Waals surface area contributed by atoms with Crippen LogP contribution in [0.15, 0.2) is 0 Å². The number of hydrogen-bond acceptors (Lipinski definition) is 1. The molecule has 0 aliphatic rings. The summed E-state index contributed by atoms with van der Waals surface area (Å²) >= 11 is 0. The number of carbonyl (C=O) groups is 1. The third-order valence-corrected chi connectivity index (χ3v) is 1.11. The highest BCUT2D eigenvalue weighted by Crippen LogP contribution is 1.92. The van der Waals surface area contributed by atoms with Gasteiger partial charge in [-0.15, -0.1) is 0 Å². The van der Waals surface area contributed by atoms with Gasteiger partial charge in [0.1, 0.15) is 0 Å². The molecule has 3 N–H and O–H groups in total. The van der Waals surface area contributed by atoms with Crippen LogP contribution in [-0.4, -0.2) is 12.1 Å². The van der Waals surface area contributed by atoms with E-state index in [1.165, 1.54) is 0 Å². The minimum atomic E-state index is -0.434. The van der Waals surface area contributed by atoms with Gasteiger partial charge in [0.15, 0.2) is 0 Å². The number of carbonyl (C=O) groups excluding carboxylic acids is 1. The van der Waals surface area contributed by atoms with Crippen LogP contribution in [0.3, 0.4) is 0 Å². The van der Waals surface area contributed by atoms with E-state index in [1.54, 1.807) is 0 Å². The number of hydrogen-bond donors (Lipinski definition) is 2. The van der Waals surface area contributed by atoms with Crippen LogP contribution in [0.1, 0.15) is 26.7 Å². The first-order chi connectivity index (χ1) is 4.16. The zero-order chi connectivity index (χ0) is 7.28. The van der Waals surface area contributed by atoms with Gasteiger partial charge in [0.05, 0.1) is 0 Å². The molecule has 9 heavy (non-hydrogen) atoms. The van der Waals surface area contributed by atoms with Crippen LogP contribution in [0.5, 0.6) is 0 Å². The Bertz CT molecular complexity index is 93.1. The van der Waals surface area contributed by atoms with Crippen molar-refractivity contribution >= 4 is 6.03 Å². The molecule has 0 aliphatic carbocycles. The Kier molecular flexibility index (Phi) is 3.84. The summed E-state index contributed by atoms with van der Waals surface area (Å²) < 4.78 is 0. The number of amides is 2. The van der Waals surface area contributed by atoms with E-state index in [1.807, 2.05) is 6.92 Å². The quantitative estimate of drug-likeness (QED) is 0.584. The van der Waals surface area contributed by atoms with Gasteiger partial charge >= 0.3 is 6.03 Å². The van der Waals surface area contributed by atoms with Gasteiger partial charge in [-0.2, -0.15) is 0 Å². The van der Waals surface area contributed by atoms with E-state index in [-0.39, 0.29) is 6.04 Å². The third-order valence-electron chi connectivity index (χ3n) is 1.11. The van der Waals surface area contributed by atoms with Gasteiger partial charge in [-0.1, -0.05) is 13.3 Å². The summed E-state index contributed by atoms with van der Waals surface area (Å²) in [7, 11) is 0. The first kappa shape index (κ1) is 8.27. The first-order valence-corrected chi connectivity index (χ1v) is 3.22. The molecule has 0 rings (SSSR count). The van der Waals surface area contributed by atoms with Gasteiger partial charge in [-0.05, 0) is 13.3 Å². The predicted octanol–water partition coefficient (Wildman–Crippen LogP) is 0.843. The third kappa shape index (κ3) is 5.14.